The van der Waals surface area contributed by atoms with Crippen LogP contribution >= 0.6 is 0 Å². The van der Waals surface area contributed by atoms with Crippen LogP contribution in [0.1, 0.15) is 6.92 Å². The third-order valence-corrected chi connectivity index (χ3v) is 3.86. The van der Waals surface area contributed by atoms with Gasteiger partial charge in [0, 0.05) is 6.92 Å². The second-order valence-electron chi connectivity index (χ2n) is 5.70. The summed E-state index contributed by atoms with van der Waals surface area (Å²) >= 11 is 0. The molecule has 2 aliphatic heterocycles. The number of rotatable bonds is 4. The van der Waals surface area contributed by atoms with Gasteiger partial charge in [-0.1, -0.05) is 0 Å². The largest absolute Gasteiger partial charge is 0.463 e. The predicted molar refractivity (Wildman–Crippen MR) is 72.2 cm³/mol. The van der Waals surface area contributed by atoms with Crippen molar-refractivity contribution in [3.05, 3.63) is 0 Å². The summed E-state index contributed by atoms with van der Waals surface area (Å²) in [5.41, 5.74) is 0. The summed E-state index contributed by atoms with van der Waals surface area (Å²) in [6.45, 7) is 0.424. The highest BCUT2D eigenvalue weighted by Crippen LogP contribution is 2.27. The molecule has 6 N–H and O–H groups in total. The van der Waals surface area contributed by atoms with Crippen molar-refractivity contribution < 1.29 is 54.4 Å². The lowest BCUT2D eigenvalue weighted by molar-refractivity contribution is -0.342. The van der Waals surface area contributed by atoms with E-state index in [1.807, 2.05) is 0 Å². The molecule has 2 saturated heterocycles. The number of esters is 1. The molecule has 0 amide bonds. The quantitative estimate of drug-likeness (QED) is 0.270. The molecular weight excluding hydrogens is 332 g/mol. The third-order valence-electron chi connectivity index (χ3n) is 3.86. The predicted octanol–water partition coefficient (Wildman–Crippen LogP) is -4.19. The molecule has 0 aromatic carbocycles. The Balaban J connectivity index is 2.08. The summed E-state index contributed by atoms with van der Waals surface area (Å²) in [4.78, 5) is 10.9. The van der Waals surface area contributed by atoms with Crippen LogP contribution in [0.3, 0.4) is 0 Å². The lowest BCUT2D eigenvalue weighted by Crippen LogP contribution is -2.63. The second kappa shape index (κ2) is 7.99. The van der Waals surface area contributed by atoms with Gasteiger partial charge < -0.3 is 49.6 Å². The minimum absolute atomic E-state index is 0.327. The molecule has 0 unspecified atom stereocenters. The van der Waals surface area contributed by atoms with Crippen molar-refractivity contribution in [1.82, 2.24) is 0 Å². The van der Waals surface area contributed by atoms with E-state index >= 15 is 0 Å². The lowest BCUT2D eigenvalue weighted by atomic mass is 9.98. The van der Waals surface area contributed by atoms with Gasteiger partial charge in [0.15, 0.2) is 12.6 Å². The monoisotopic (exact) mass is 354 g/mol. The molecule has 0 aromatic heterocycles. The fourth-order valence-electron chi connectivity index (χ4n) is 2.48. The summed E-state index contributed by atoms with van der Waals surface area (Å²) in [5, 5.41) is 58.2. The molecule has 0 saturated carbocycles. The number of aliphatic hydroxyl groups is 6. The van der Waals surface area contributed by atoms with Crippen LogP contribution < -0.4 is 0 Å². The van der Waals surface area contributed by atoms with E-state index in [2.05, 4.69) is 0 Å². The molecule has 9 atom stereocenters. The summed E-state index contributed by atoms with van der Waals surface area (Å²) in [5.74, 6) is -0.639. The standard InChI is InChI=1S/C13H22O11/c1-4(14)21-3-6-11(8(17)9(18)12(20)23-6)24-13-10(19)7(16)5(15)2-22-13/h5-13,15-20H,2-3H2,1H3/t5-,6-,7+,8+,9-,10-,11-,12-,13+/m1/s1. The number of hydrogen-bond acceptors (Lipinski definition) is 11. The van der Waals surface area contributed by atoms with Crippen LogP contribution in [-0.4, -0.2) is 105 Å². The third kappa shape index (κ3) is 4.20. The Morgan fingerprint density at radius 2 is 1.71 bits per heavy atom. The molecule has 0 bridgehead atoms. The van der Waals surface area contributed by atoms with Gasteiger partial charge in [-0.2, -0.15) is 0 Å². The maximum Gasteiger partial charge on any atom is 0.302 e. The molecule has 11 nitrogen and oxygen atoms in total. The first kappa shape index (κ1) is 19.4. The maximum atomic E-state index is 10.9. The Morgan fingerprint density at radius 1 is 1.04 bits per heavy atom. The van der Waals surface area contributed by atoms with Crippen molar-refractivity contribution in [1.29, 1.82) is 0 Å². The van der Waals surface area contributed by atoms with Crippen LogP contribution in [0.15, 0.2) is 0 Å². The molecule has 2 fully saturated rings. The Labute approximate surface area is 136 Å². The first-order valence-corrected chi connectivity index (χ1v) is 7.36. The molecular formula is C13H22O11. The fraction of sp³-hybridized carbons (Fsp3) is 0.923. The zero-order valence-electron chi connectivity index (χ0n) is 12.8. The number of aliphatic hydroxyl groups excluding tert-OH is 6. The van der Waals surface area contributed by atoms with Gasteiger partial charge in [0.1, 0.15) is 49.3 Å². The molecule has 0 aromatic rings. The molecule has 0 radical (unpaired) electrons. The molecule has 24 heavy (non-hydrogen) atoms. The van der Waals surface area contributed by atoms with E-state index in [-0.39, 0.29) is 6.61 Å². The fourth-order valence-corrected chi connectivity index (χ4v) is 2.48. The Kier molecular flexibility index (Phi) is 6.47. The lowest BCUT2D eigenvalue weighted by Gasteiger charge is -2.43. The molecule has 0 aliphatic carbocycles. The van der Waals surface area contributed by atoms with Crippen molar-refractivity contribution >= 4 is 5.97 Å². The Hall–Kier alpha value is -0.890. The van der Waals surface area contributed by atoms with E-state index in [1.54, 1.807) is 0 Å². The normalized spacial score (nSPS) is 46.5. The summed E-state index contributed by atoms with van der Waals surface area (Å²) in [6.07, 6.45) is -13.5. The van der Waals surface area contributed by atoms with Gasteiger partial charge in [0.25, 0.3) is 0 Å². The average molecular weight is 354 g/mol. The molecule has 2 rings (SSSR count). The van der Waals surface area contributed by atoms with E-state index in [0.29, 0.717) is 0 Å². The highest BCUT2D eigenvalue weighted by atomic mass is 16.7. The van der Waals surface area contributed by atoms with Crippen LogP contribution in [0, 0.1) is 0 Å². The highest BCUT2D eigenvalue weighted by molar-refractivity contribution is 5.65. The second-order valence-corrected chi connectivity index (χ2v) is 5.70. The minimum Gasteiger partial charge on any atom is -0.463 e. The summed E-state index contributed by atoms with van der Waals surface area (Å²) < 4.78 is 20.2. The molecule has 0 spiro atoms. The number of ether oxygens (including phenoxy) is 4. The van der Waals surface area contributed by atoms with Crippen molar-refractivity contribution in [2.24, 2.45) is 0 Å². The van der Waals surface area contributed by atoms with E-state index < -0.39 is 67.9 Å². The van der Waals surface area contributed by atoms with Crippen LogP contribution in [0.25, 0.3) is 0 Å². The average Bonchev–Trinajstić information content (AvgIpc) is 2.53. The summed E-state index contributed by atoms with van der Waals surface area (Å²) in [6, 6.07) is 0. The highest BCUT2D eigenvalue weighted by Gasteiger charge is 2.48. The maximum absolute atomic E-state index is 10.9. The van der Waals surface area contributed by atoms with Crippen LogP contribution in [0.2, 0.25) is 0 Å². The smallest absolute Gasteiger partial charge is 0.302 e. The number of carbonyl (C=O) groups excluding carboxylic acids is 1. The van der Waals surface area contributed by atoms with Crippen molar-refractivity contribution in [2.75, 3.05) is 13.2 Å². The SMILES string of the molecule is CC(=O)OC[C@H]1O[C@@H](O)[C@H](O)[C@H](O)[C@@H]1O[C@@H]1OC[C@@H](O)[C@H](O)[C@H]1O. The zero-order valence-corrected chi connectivity index (χ0v) is 12.8. The topological polar surface area (TPSA) is 175 Å². The van der Waals surface area contributed by atoms with E-state index in [0.717, 1.165) is 6.92 Å². The molecule has 2 aliphatic rings. The van der Waals surface area contributed by atoms with Crippen LogP contribution in [-0.2, 0) is 23.7 Å². The van der Waals surface area contributed by atoms with Crippen LogP contribution in [0.4, 0.5) is 0 Å². The minimum atomic E-state index is -1.73. The van der Waals surface area contributed by atoms with Gasteiger partial charge in [-0.25, -0.2) is 0 Å². The molecule has 2 heterocycles. The van der Waals surface area contributed by atoms with Gasteiger partial charge in [-0.3, -0.25) is 4.79 Å². The van der Waals surface area contributed by atoms with E-state index in [4.69, 9.17) is 18.9 Å². The van der Waals surface area contributed by atoms with Gasteiger partial charge in [-0.05, 0) is 0 Å². The number of hydrogen-bond donors (Lipinski definition) is 6. The first-order chi connectivity index (χ1) is 11.2. The van der Waals surface area contributed by atoms with Gasteiger partial charge in [0.2, 0.25) is 0 Å². The van der Waals surface area contributed by atoms with E-state index in [9.17, 15) is 35.4 Å². The molecule has 140 valence electrons. The van der Waals surface area contributed by atoms with E-state index in [1.165, 1.54) is 0 Å². The van der Waals surface area contributed by atoms with Gasteiger partial charge in [-0.15, -0.1) is 0 Å². The van der Waals surface area contributed by atoms with Gasteiger partial charge in [0.05, 0.1) is 6.61 Å². The van der Waals surface area contributed by atoms with Crippen molar-refractivity contribution in [3.8, 4) is 0 Å². The molecule has 11 heteroatoms. The Morgan fingerprint density at radius 3 is 2.33 bits per heavy atom. The Bertz CT molecular complexity index is 432. The zero-order chi connectivity index (χ0) is 18.0. The van der Waals surface area contributed by atoms with Crippen LogP contribution in [0.5, 0.6) is 0 Å². The van der Waals surface area contributed by atoms with Gasteiger partial charge >= 0.3 is 5.97 Å². The van der Waals surface area contributed by atoms with Crippen molar-refractivity contribution in [2.45, 2.75) is 62.2 Å². The van der Waals surface area contributed by atoms with Crippen molar-refractivity contribution in [3.63, 3.8) is 0 Å². The first-order valence-electron chi connectivity index (χ1n) is 7.36. The number of carbonyl (C=O) groups is 1. The summed E-state index contributed by atoms with van der Waals surface area (Å²) in [7, 11) is 0.